The van der Waals surface area contributed by atoms with Crippen LogP contribution in [0.4, 0.5) is 0 Å². The summed E-state index contributed by atoms with van der Waals surface area (Å²) < 4.78 is 23.4. The van der Waals surface area contributed by atoms with Gasteiger partial charge in [0.15, 0.2) is 0 Å². The van der Waals surface area contributed by atoms with Gasteiger partial charge in [0.1, 0.15) is 11.4 Å². The third-order valence-electron chi connectivity index (χ3n) is 5.68. The molecule has 1 aromatic carbocycles. The zero-order valence-corrected chi connectivity index (χ0v) is 17.7. The van der Waals surface area contributed by atoms with Gasteiger partial charge in [-0.15, -0.1) is 0 Å². The molecule has 3 rings (SSSR count). The maximum absolute atomic E-state index is 12.4. The maximum Gasteiger partial charge on any atom is 0.494 e. The quantitative estimate of drug-likeness (QED) is 0.597. The standard InChI is InChI=1S/C21H31BO5/c1-19(2,3)25-18(23)16-12-14(16)15-11-13(9-10-17(15)24-8)22-26-20(4,5)21(6,7)27-22/h9-11,14,16H,12H2,1-8H3. The Morgan fingerprint density at radius 3 is 2.26 bits per heavy atom. The van der Waals surface area contributed by atoms with Crippen LogP contribution in [-0.2, 0) is 18.8 Å². The third-order valence-corrected chi connectivity index (χ3v) is 5.68. The number of hydrogen-bond donors (Lipinski definition) is 0. The Labute approximate surface area is 162 Å². The van der Waals surface area contributed by atoms with Crippen molar-refractivity contribution in [3.63, 3.8) is 0 Å². The predicted molar refractivity (Wildman–Crippen MR) is 105 cm³/mol. The van der Waals surface area contributed by atoms with Crippen molar-refractivity contribution < 1.29 is 23.6 Å². The fourth-order valence-corrected chi connectivity index (χ4v) is 3.35. The van der Waals surface area contributed by atoms with Gasteiger partial charge in [0.25, 0.3) is 0 Å². The molecule has 2 unspecified atom stereocenters. The summed E-state index contributed by atoms with van der Waals surface area (Å²) in [5.74, 6) is 0.630. The minimum Gasteiger partial charge on any atom is -0.496 e. The second-order valence-corrected chi connectivity index (χ2v) is 9.57. The number of carbonyl (C=O) groups is 1. The van der Waals surface area contributed by atoms with Crippen molar-refractivity contribution in [3.05, 3.63) is 23.8 Å². The van der Waals surface area contributed by atoms with E-state index in [-0.39, 0.29) is 17.8 Å². The lowest BCUT2D eigenvalue weighted by Gasteiger charge is -2.32. The van der Waals surface area contributed by atoms with Crippen molar-refractivity contribution in [1.29, 1.82) is 0 Å². The van der Waals surface area contributed by atoms with Crippen molar-refractivity contribution in [2.75, 3.05) is 7.11 Å². The zero-order chi connectivity index (χ0) is 20.2. The monoisotopic (exact) mass is 374 g/mol. The second-order valence-electron chi connectivity index (χ2n) is 9.57. The van der Waals surface area contributed by atoms with Gasteiger partial charge < -0.3 is 18.8 Å². The summed E-state index contributed by atoms with van der Waals surface area (Å²) in [6.07, 6.45) is 0.776. The summed E-state index contributed by atoms with van der Waals surface area (Å²) in [5, 5.41) is 0. The molecule has 27 heavy (non-hydrogen) atoms. The first kappa shape index (κ1) is 20.2. The van der Waals surface area contributed by atoms with Crippen LogP contribution in [0.15, 0.2) is 18.2 Å². The van der Waals surface area contributed by atoms with Crippen molar-refractivity contribution >= 4 is 18.6 Å². The highest BCUT2D eigenvalue weighted by atomic mass is 16.7. The van der Waals surface area contributed by atoms with Gasteiger partial charge in [0.2, 0.25) is 0 Å². The number of esters is 1. The summed E-state index contributed by atoms with van der Waals surface area (Å²) >= 11 is 0. The minimum atomic E-state index is -0.473. The molecule has 1 aromatic rings. The molecule has 0 bridgehead atoms. The van der Waals surface area contributed by atoms with E-state index >= 15 is 0 Å². The molecule has 0 amide bonds. The van der Waals surface area contributed by atoms with E-state index in [1.807, 2.05) is 60.6 Å². The molecule has 1 saturated heterocycles. The van der Waals surface area contributed by atoms with Crippen LogP contribution in [0.5, 0.6) is 5.75 Å². The van der Waals surface area contributed by atoms with Crippen LogP contribution < -0.4 is 10.2 Å². The highest BCUT2D eigenvalue weighted by molar-refractivity contribution is 6.62. The molecule has 1 aliphatic carbocycles. The molecule has 148 valence electrons. The summed E-state index contributed by atoms with van der Waals surface area (Å²) in [6, 6.07) is 5.95. The van der Waals surface area contributed by atoms with E-state index < -0.39 is 23.9 Å². The summed E-state index contributed by atoms with van der Waals surface area (Å²) in [5.41, 5.74) is 0.700. The molecule has 2 fully saturated rings. The van der Waals surface area contributed by atoms with Gasteiger partial charge >= 0.3 is 13.1 Å². The first-order valence-corrected chi connectivity index (χ1v) is 9.61. The van der Waals surface area contributed by atoms with E-state index in [9.17, 15) is 4.79 Å². The van der Waals surface area contributed by atoms with Crippen LogP contribution in [0.1, 0.15) is 66.4 Å². The van der Waals surface area contributed by atoms with Gasteiger partial charge in [-0.2, -0.15) is 0 Å². The van der Waals surface area contributed by atoms with Gasteiger partial charge in [-0.25, -0.2) is 0 Å². The van der Waals surface area contributed by atoms with Gasteiger partial charge in [-0.05, 0) is 72.0 Å². The Morgan fingerprint density at radius 1 is 1.15 bits per heavy atom. The van der Waals surface area contributed by atoms with Gasteiger partial charge in [0, 0.05) is 5.92 Å². The highest BCUT2D eigenvalue weighted by Crippen LogP contribution is 2.51. The van der Waals surface area contributed by atoms with Crippen LogP contribution in [0, 0.1) is 5.92 Å². The number of hydrogen-bond acceptors (Lipinski definition) is 5. The zero-order valence-electron chi connectivity index (χ0n) is 17.7. The molecule has 1 heterocycles. The van der Waals surface area contributed by atoms with E-state index in [4.69, 9.17) is 18.8 Å². The normalized spacial score (nSPS) is 26.0. The van der Waals surface area contributed by atoms with Crippen LogP contribution >= 0.6 is 0 Å². The van der Waals surface area contributed by atoms with Crippen LogP contribution in [-0.4, -0.2) is 37.0 Å². The lowest BCUT2D eigenvalue weighted by molar-refractivity contribution is -0.156. The minimum absolute atomic E-state index is 0.108. The first-order valence-electron chi connectivity index (χ1n) is 9.61. The molecule has 1 saturated carbocycles. The SMILES string of the molecule is COc1ccc(B2OC(C)(C)C(C)(C)O2)cc1C1CC1C(=O)OC(C)(C)C. The van der Waals surface area contributed by atoms with E-state index in [2.05, 4.69) is 6.07 Å². The molecule has 2 aliphatic rings. The average Bonchev–Trinajstić information content (AvgIpc) is 3.28. The van der Waals surface area contributed by atoms with Gasteiger partial charge in [0.05, 0.1) is 24.2 Å². The first-order chi connectivity index (χ1) is 12.3. The molecule has 5 nitrogen and oxygen atoms in total. The third kappa shape index (κ3) is 4.02. The van der Waals surface area contributed by atoms with E-state index in [1.165, 1.54) is 0 Å². The molecule has 0 N–H and O–H groups in total. The fourth-order valence-electron chi connectivity index (χ4n) is 3.35. The number of ether oxygens (including phenoxy) is 2. The fraction of sp³-hybridized carbons (Fsp3) is 0.667. The Bertz CT molecular complexity index is 719. The van der Waals surface area contributed by atoms with Crippen molar-refractivity contribution in [1.82, 2.24) is 0 Å². The van der Waals surface area contributed by atoms with E-state index in [0.29, 0.717) is 0 Å². The molecular formula is C21H31BO5. The molecule has 0 radical (unpaired) electrons. The van der Waals surface area contributed by atoms with Crippen LogP contribution in [0.25, 0.3) is 0 Å². The van der Waals surface area contributed by atoms with Crippen LogP contribution in [0.2, 0.25) is 0 Å². The predicted octanol–water partition coefficient (Wildman–Crippen LogP) is 3.44. The molecule has 6 heteroatoms. The van der Waals surface area contributed by atoms with E-state index in [0.717, 1.165) is 23.2 Å². The van der Waals surface area contributed by atoms with Crippen LogP contribution in [0.3, 0.4) is 0 Å². The lowest BCUT2D eigenvalue weighted by Crippen LogP contribution is -2.41. The van der Waals surface area contributed by atoms with Gasteiger partial charge in [-0.1, -0.05) is 12.1 Å². The molecule has 1 aliphatic heterocycles. The Balaban J connectivity index is 1.81. The summed E-state index contributed by atoms with van der Waals surface area (Å²) in [7, 11) is 1.22. The Kier molecular flexibility index (Phi) is 4.88. The number of benzene rings is 1. The van der Waals surface area contributed by atoms with Crippen molar-refractivity contribution in [2.24, 2.45) is 5.92 Å². The van der Waals surface area contributed by atoms with Crippen molar-refractivity contribution in [2.45, 2.75) is 77.6 Å². The number of rotatable bonds is 4. The number of methoxy groups -OCH3 is 1. The average molecular weight is 374 g/mol. The topological polar surface area (TPSA) is 54.0 Å². The smallest absolute Gasteiger partial charge is 0.494 e. The Morgan fingerprint density at radius 2 is 1.74 bits per heavy atom. The molecule has 0 spiro atoms. The summed E-state index contributed by atoms with van der Waals surface area (Å²) in [6.45, 7) is 13.8. The molecule has 0 aromatic heterocycles. The van der Waals surface area contributed by atoms with Gasteiger partial charge in [-0.3, -0.25) is 4.79 Å². The lowest BCUT2D eigenvalue weighted by atomic mass is 9.78. The number of carbonyl (C=O) groups excluding carboxylic acids is 1. The summed E-state index contributed by atoms with van der Waals surface area (Å²) in [4.78, 5) is 12.4. The van der Waals surface area contributed by atoms with Crippen molar-refractivity contribution in [3.8, 4) is 5.75 Å². The Hall–Kier alpha value is -1.53. The van der Waals surface area contributed by atoms with E-state index in [1.54, 1.807) is 7.11 Å². The molecular weight excluding hydrogens is 343 g/mol. The second kappa shape index (κ2) is 6.52. The maximum atomic E-state index is 12.4. The highest BCUT2D eigenvalue weighted by Gasteiger charge is 2.52. The molecule has 2 atom stereocenters. The largest absolute Gasteiger partial charge is 0.496 e.